The molecule has 1 aromatic rings. The molecule has 0 fully saturated rings. The lowest BCUT2D eigenvalue weighted by atomic mass is 10.3. The Kier molecular flexibility index (Phi) is 4.99. The van der Waals surface area contributed by atoms with Crippen molar-refractivity contribution >= 4 is 17.4 Å². The summed E-state index contributed by atoms with van der Waals surface area (Å²) in [5.41, 5.74) is 6.68. The Morgan fingerprint density at radius 3 is 3.00 bits per heavy atom. The summed E-state index contributed by atoms with van der Waals surface area (Å²) in [5, 5.41) is 9.68. The number of unbranched alkanes of at least 4 members (excludes halogenated alkanes) is 2. The van der Waals surface area contributed by atoms with Crippen molar-refractivity contribution in [2.45, 2.75) is 31.2 Å². The van der Waals surface area contributed by atoms with Crippen molar-refractivity contribution in [3.63, 3.8) is 0 Å². The summed E-state index contributed by atoms with van der Waals surface area (Å²) < 4.78 is 0. The molecule has 0 unspecified atom stereocenters. The summed E-state index contributed by atoms with van der Waals surface area (Å²) in [6, 6.07) is 3.79. The van der Waals surface area contributed by atoms with Gasteiger partial charge < -0.3 is 5.73 Å². The lowest BCUT2D eigenvalue weighted by Crippen LogP contribution is -1.92. The van der Waals surface area contributed by atoms with E-state index in [2.05, 4.69) is 18.0 Å². The summed E-state index contributed by atoms with van der Waals surface area (Å²) in [6.45, 7) is 2.17. The van der Waals surface area contributed by atoms with Crippen LogP contribution in [0.2, 0.25) is 0 Å². The predicted octanol–water partition coefficient (Wildman–Crippen LogP) is 2.82. The van der Waals surface area contributed by atoms with Crippen LogP contribution in [0.3, 0.4) is 0 Å². The monoisotopic (exact) mass is 221 g/mol. The van der Waals surface area contributed by atoms with Gasteiger partial charge in [-0.05, 0) is 18.2 Å². The highest BCUT2D eigenvalue weighted by molar-refractivity contribution is 7.99. The molecule has 0 atom stereocenters. The minimum absolute atomic E-state index is 0.546. The van der Waals surface area contributed by atoms with Gasteiger partial charge in [-0.15, -0.1) is 11.8 Å². The van der Waals surface area contributed by atoms with Gasteiger partial charge in [0.2, 0.25) is 0 Å². The number of nitrogens with two attached hydrogens (primary N) is 1. The first-order chi connectivity index (χ1) is 7.27. The van der Waals surface area contributed by atoms with E-state index in [0.717, 1.165) is 17.2 Å². The molecule has 0 aliphatic rings. The zero-order valence-corrected chi connectivity index (χ0v) is 9.68. The first-order valence-electron chi connectivity index (χ1n) is 5.06. The number of pyridine rings is 1. The number of nitrogen functional groups attached to an aromatic ring is 1. The number of nitriles is 1. The minimum Gasteiger partial charge on any atom is -0.397 e. The minimum atomic E-state index is 0.546. The van der Waals surface area contributed by atoms with Crippen LogP contribution in [0.1, 0.15) is 31.7 Å². The van der Waals surface area contributed by atoms with Gasteiger partial charge in [0.15, 0.2) is 0 Å². The van der Waals surface area contributed by atoms with Gasteiger partial charge in [0.25, 0.3) is 0 Å². The van der Waals surface area contributed by atoms with Crippen LogP contribution in [0.15, 0.2) is 17.3 Å². The molecule has 1 rings (SSSR count). The third kappa shape index (κ3) is 3.80. The largest absolute Gasteiger partial charge is 0.397 e. The fraction of sp³-hybridized carbons (Fsp3) is 0.455. The number of anilines is 1. The van der Waals surface area contributed by atoms with Gasteiger partial charge in [-0.2, -0.15) is 5.26 Å². The summed E-state index contributed by atoms with van der Waals surface area (Å²) in [4.78, 5) is 4.16. The Balaban J connectivity index is 2.57. The third-order valence-corrected chi connectivity index (χ3v) is 3.07. The molecule has 0 saturated carbocycles. The highest BCUT2D eigenvalue weighted by Gasteiger charge is 2.04. The number of rotatable bonds is 5. The van der Waals surface area contributed by atoms with Crippen molar-refractivity contribution < 1.29 is 0 Å². The van der Waals surface area contributed by atoms with Gasteiger partial charge in [0.05, 0.1) is 17.4 Å². The smallest absolute Gasteiger partial charge is 0.114 e. The van der Waals surface area contributed by atoms with Crippen molar-refractivity contribution in [3.05, 3.63) is 17.8 Å². The molecule has 0 aromatic carbocycles. The molecule has 0 bridgehead atoms. The lowest BCUT2D eigenvalue weighted by molar-refractivity contribution is 0.778. The molecule has 80 valence electrons. The Hall–Kier alpha value is -1.21. The molecule has 1 heterocycles. The predicted molar refractivity (Wildman–Crippen MR) is 63.6 cm³/mol. The Bertz CT molecular complexity index is 357. The molecule has 4 heteroatoms. The number of hydrogen-bond donors (Lipinski definition) is 1. The molecule has 1 aromatic heterocycles. The van der Waals surface area contributed by atoms with Crippen LogP contribution in [0, 0.1) is 11.3 Å². The summed E-state index contributed by atoms with van der Waals surface area (Å²) in [7, 11) is 0. The Morgan fingerprint density at radius 2 is 2.33 bits per heavy atom. The fourth-order valence-corrected chi connectivity index (χ4v) is 2.11. The van der Waals surface area contributed by atoms with Crippen LogP contribution in [-0.2, 0) is 0 Å². The maximum Gasteiger partial charge on any atom is 0.114 e. The van der Waals surface area contributed by atoms with Crippen molar-refractivity contribution in [1.29, 1.82) is 5.26 Å². The first kappa shape index (κ1) is 11.9. The van der Waals surface area contributed by atoms with E-state index in [1.807, 2.05) is 0 Å². The molecule has 0 aliphatic carbocycles. The van der Waals surface area contributed by atoms with Crippen LogP contribution in [0.5, 0.6) is 0 Å². The number of aromatic nitrogens is 1. The Labute approximate surface area is 94.7 Å². The average Bonchev–Trinajstić information content (AvgIpc) is 2.26. The number of nitrogens with zero attached hydrogens (tertiary/aromatic N) is 2. The van der Waals surface area contributed by atoms with E-state index in [1.165, 1.54) is 12.8 Å². The van der Waals surface area contributed by atoms with Crippen molar-refractivity contribution in [3.8, 4) is 6.07 Å². The normalized spacial score (nSPS) is 9.87. The third-order valence-electron chi connectivity index (χ3n) is 1.98. The van der Waals surface area contributed by atoms with Crippen LogP contribution in [-0.4, -0.2) is 10.7 Å². The molecule has 3 nitrogen and oxygen atoms in total. The van der Waals surface area contributed by atoms with E-state index >= 15 is 0 Å². The fourth-order valence-electron chi connectivity index (χ4n) is 1.18. The lowest BCUT2D eigenvalue weighted by Gasteiger charge is -2.03. The van der Waals surface area contributed by atoms with E-state index in [4.69, 9.17) is 11.0 Å². The molecule has 0 aliphatic heterocycles. The van der Waals surface area contributed by atoms with Gasteiger partial charge in [-0.25, -0.2) is 4.98 Å². The SMILES string of the molecule is CCCCCSc1ncc(N)cc1C#N. The quantitative estimate of drug-likeness (QED) is 0.613. The zero-order chi connectivity index (χ0) is 11.1. The molecule has 15 heavy (non-hydrogen) atoms. The van der Waals surface area contributed by atoms with Gasteiger partial charge in [-0.3, -0.25) is 0 Å². The summed E-state index contributed by atoms with van der Waals surface area (Å²) in [6.07, 6.45) is 5.20. The molecule has 0 spiro atoms. The molecular formula is C11H15N3S. The Morgan fingerprint density at radius 1 is 1.53 bits per heavy atom. The van der Waals surface area contributed by atoms with E-state index in [9.17, 15) is 0 Å². The van der Waals surface area contributed by atoms with Crippen LogP contribution in [0.4, 0.5) is 5.69 Å². The molecular weight excluding hydrogens is 206 g/mol. The first-order valence-corrected chi connectivity index (χ1v) is 6.05. The number of hydrogen-bond acceptors (Lipinski definition) is 4. The van der Waals surface area contributed by atoms with E-state index in [0.29, 0.717) is 11.3 Å². The van der Waals surface area contributed by atoms with E-state index in [-0.39, 0.29) is 0 Å². The zero-order valence-electron chi connectivity index (χ0n) is 8.86. The van der Waals surface area contributed by atoms with Gasteiger partial charge in [0.1, 0.15) is 11.1 Å². The van der Waals surface area contributed by atoms with Crippen LogP contribution in [0.25, 0.3) is 0 Å². The molecule has 2 N–H and O–H groups in total. The molecule has 0 radical (unpaired) electrons. The highest BCUT2D eigenvalue weighted by Crippen LogP contribution is 2.22. The van der Waals surface area contributed by atoms with Gasteiger partial charge in [0, 0.05) is 0 Å². The van der Waals surface area contributed by atoms with E-state index in [1.54, 1.807) is 24.0 Å². The van der Waals surface area contributed by atoms with Crippen LogP contribution < -0.4 is 5.73 Å². The second-order valence-corrected chi connectivity index (χ2v) is 4.37. The summed E-state index contributed by atoms with van der Waals surface area (Å²) >= 11 is 1.63. The van der Waals surface area contributed by atoms with Gasteiger partial charge in [-0.1, -0.05) is 19.8 Å². The summed E-state index contributed by atoms with van der Waals surface area (Å²) in [5.74, 6) is 1.01. The van der Waals surface area contributed by atoms with Crippen LogP contribution >= 0.6 is 11.8 Å². The highest BCUT2D eigenvalue weighted by atomic mass is 32.2. The standard InChI is InChI=1S/C11H15N3S/c1-2-3-4-5-15-11-9(7-12)6-10(13)8-14-11/h6,8H,2-5,13H2,1H3. The average molecular weight is 221 g/mol. The maximum absolute atomic E-state index is 8.89. The van der Waals surface area contributed by atoms with E-state index < -0.39 is 0 Å². The van der Waals surface area contributed by atoms with Crippen molar-refractivity contribution in [1.82, 2.24) is 4.98 Å². The van der Waals surface area contributed by atoms with Crippen molar-refractivity contribution in [2.75, 3.05) is 11.5 Å². The van der Waals surface area contributed by atoms with Gasteiger partial charge >= 0.3 is 0 Å². The number of thioether (sulfide) groups is 1. The molecule has 0 saturated heterocycles. The molecule has 0 amide bonds. The maximum atomic E-state index is 8.89. The van der Waals surface area contributed by atoms with Crippen molar-refractivity contribution in [2.24, 2.45) is 0 Å². The second-order valence-electron chi connectivity index (χ2n) is 3.29. The second kappa shape index (κ2) is 6.31. The topological polar surface area (TPSA) is 62.7 Å².